The Hall–Kier alpha value is -1.81. The molecule has 2 heterocycles. The van der Waals surface area contributed by atoms with Crippen LogP contribution in [0.15, 0.2) is 30.5 Å². The fourth-order valence-electron chi connectivity index (χ4n) is 2.33. The number of hydrogen-bond donors (Lipinski definition) is 2. The highest BCUT2D eigenvalue weighted by molar-refractivity contribution is 5.93. The van der Waals surface area contributed by atoms with Gasteiger partial charge in [-0.2, -0.15) is 0 Å². The first-order chi connectivity index (χ1) is 8.24. The molecule has 0 aliphatic carbocycles. The zero-order chi connectivity index (χ0) is 11.8. The molecule has 3 rings (SSSR count). The molecule has 2 aromatic rings. The second kappa shape index (κ2) is 3.89. The molecule has 0 radical (unpaired) electrons. The van der Waals surface area contributed by atoms with Crippen LogP contribution in [0.5, 0.6) is 5.75 Å². The molecule has 0 amide bonds. The summed E-state index contributed by atoms with van der Waals surface area (Å²) in [4.78, 5) is 6.43. The lowest BCUT2D eigenvalue weighted by Gasteiger charge is -2.18. The molecule has 2 N–H and O–H groups in total. The number of fused-ring (bicyclic) bond motifs is 1. The number of aromatic hydroxyl groups is 1. The number of pyridine rings is 1. The Balaban J connectivity index is 2.12. The molecule has 1 aliphatic heterocycles. The Kier molecular flexibility index (Phi) is 2.37. The molecule has 4 heteroatoms. The van der Waals surface area contributed by atoms with Gasteiger partial charge in [-0.05, 0) is 30.0 Å². The number of benzene rings is 1. The van der Waals surface area contributed by atoms with Crippen molar-refractivity contribution in [1.82, 2.24) is 4.98 Å². The molecule has 0 bridgehead atoms. The highest BCUT2D eigenvalue weighted by Gasteiger charge is 2.22. The van der Waals surface area contributed by atoms with E-state index in [1.165, 1.54) is 0 Å². The van der Waals surface area contributed by atoms with Gasteiger partial charge >= 0.3 is 0 Å². The summed E-state index contributed by atoms with van der Waals surface area (Å²) in [5, 5.41) is 21.1. The van der Waals surface area contributed by atoms with Gasteiger partial charge in [-0.1, -0.05) is 6.07 Å². The lowest BCUT2D eigenvalue weighted by Crippen LogP contribution is -2.22. The summed E-state index contributed by atoms with van der Waals surface area (Å²) >= 11 is 0. The van der Waals surface area contributed by atoms with E-state index in [4.69, 9.17) is 0 Å². The Labute approximate surface area is 99.1 Å². The molecule has 88 valence electrons. The average molecular weight is 230 g/mol. The van der Waals surface area contributed by atoms with Crippen molar-refractivity contribution in [3.63, 3.8) is 0 Å². The van der Waals surface area contributed by atoms with Crippen LogP contribution in [0, 0.1) is 0 Å². The van der Waals surface area contributed by atoms with Gasteiger partial charge in [0.05, 0.1) is 6.10 Å². The van der Waals surface area contributed by atoms with Crippen molar-refractivity contribution < 1.29 is 10.2 Å². The third-order valence-electron chi connectivity index (χ3n) is 3.19. The molecule has 1 aliphatic rings. The minimum Gasteiger partial charge on any atom is -0.508 e. The number of hydrogen-bond acceptors (Lipinski definition) is 4. The van der Waals surface area contributed by atoms with Gasteiger partial charge in [0.25, 0.3) is 0 Å². The quantitative estimate of drug-likeness (QED) is 0.779. The van der Waals surface area contributed by atoms with Crippen LogP contribution in [-0.2, 0) is 0 Å². The second-order valence-corrected chi connectivity index (χ2v) is 4.43. The number of aromatic nitrogens is 1. The maximum Gasteiger partial charge on any atom is 0.136 e. The standard InChI is InChI=1S/C13H14N2O2/c16-10-2-1-9-3-5-14-13(12(9)7-10)15-6-4-11(17)8-15/h1-3,5,7,11,16-17H,4,6,8H2/t11-/m0/s1. The lowest BCUT2D eigenvalue weighted by molar-refractivity contribution is 0.198. The predicted octanol–water partition coefficient (Wildman–Crippen LogP) is 1.51. The van der Waals surface area contributed by atoms with Gasteiger partial charge in [-0.3, -0.25) is 0 Å². The van der Waals surface area contributed by atoms with E-state index in [1.807, 2.05) is 12.1 Å². The smallest absolute Gasteiger partial charge is 0.136 e. The number of aliphatic hydroxyl groups excluding tert-OH is 1. The van der Waals surface area contributed by atoms with Gasteiger partial charge in [0.1, 0.15) is 11.6 Å². The third kappa shape index (κ3) is 1.80. The Morgan fingerprint density at radius 2 is 2.18 bits per heavy atom. The number of nitrogens with zero attached hydrogens (tertiary/aromatic N) is 2. The summed E-state index contributed by atoms with van der Waals surface area (Å²) in [7, 11) is 0. The van der Waals surface area contributed by atoms with Crippen LogP contribution in [0.1, 0.15) is 6.42 Å². The van der Waals surface area contributed by atoms with Crippen LogP contribution in [0.3, 0.4) is 0 Å². The summed E-state index contributed by atoms with van der Waals surface area (Å²) < 4.78 is 0. The van der Waals surface area contributed by atoms with Gasteiger partial charge in [-0.25, -0.2) is 4.98 Å². The Bertz CT molecular complexity index is 556. The van der Waals surface area contributed by atoms with Gasteiger partial charge < -0.3 is 15.1 Å². The summed E-state index contributed by atoms with van der Waals surface area (Å²) in [6.45, 7) is 1.42. The van der Waals surface area contributed by atoms with Crippen molar-refractivity contribution in [2.45, 2.75) is 12.5 Å². The normalized spacial score (nSPS) is 20.1. The van der Waals surface area contributed by atoms with Crippen LogP contribution in [0.2, 0.25) is 0 Å². The SMILES string of the molecule is Oc1ccc2ccnc(N3CC[C@H](O)C3)c2c1. The van der Waals surface area contributed by atoms with Crippen LogP contribution >= 0.6 is 0 Å². The number of aliphatic hydroxyl groups is 1. The molecule has 17 heavy (non-hydrogen) atoms. The molecule has 1 saturated heterocycles. The van der Waals surface area contributed by atoms with Crippen LogP contribution in [0.4, 0.5) is 5.82 Å². The van der Waals surface area contributed by atoms with Crippen molar-refractivity contribution in [2.24, 2.45) is 0 Å². The molecule has 0 saturated carbocycles. The van der Waals surface area contributed by atoms with Crippen LogP contribution in [-0.4, -0.2) is 34.4 Å². The summed E-state index contributed by atoms with van der Waals surface area (Å²) in [6.07, 6.45) is 2.26. The first-order valence-electron chi connectivity index (χ1n) is 5.75. The molecule has 1 fully saturated rings. The number of anilines is 1. The topological polar surface area (TPSA) is 56.6 Å². The lowest BCUT2D eigenvalue weighted by atomic mass is 10.1. The van der Waals surface area contributed by atoms with E-state index >= 15 is 0 Å². The van der Waals surface area contributed by atoms with E-state index in [0.29, 0.717) is 6.54 Å². The van der Waals surface area contributed by atoms with Gasteiger partial charge in [0.15, 0.2) is 0 Å². The second-order valence-electron chi connectivity index (χ2n) is 4.43. The average Bonchev–Trinajstić information content (AvgIpc) is 2.75. The van der Waals surface area contributed by atoms with Gasteiger partial charge in [0.2, 0.25) is 0 Å². The Morgan fingerprint density at radius 3 is 2.94 bits per heavy atom. The largest absolute Gasteiger partial charge is 0.508 e. The first-order valence-corrected chi connectivity index (χ1v) is 5.75. The molecule has 0 spiro atoms. The highest BCUT2D eigenvalue weighted by Crippen LogP contribution is 2.29. The summed E-state index contributed by atoms with van der Waals surface area (Å²) in [6, 6.07) is 7.19. The highest BCUT2D eigenvalue weighted by atomic mass is 16.3. The van der Waals surface area contributed by atoms with E-state index in [-0.39, 0.29) is 11.9 Å². The number of β-amino-alcohol motifs (C(OH)–C–C–N with tert-alkyl or cyclic N) is 1. The van der Waals surface area contributed by atoms with Crippen molar-refractivity contribution in [2.75, 3.05) is 18.0 Å². The van der Waals surface area contributed by atoms with Crippen molar-refractivity contribution in [1.29, 1.82) is 0 Å². The predicted molar refractivity (Wildman–Crippen MR) is 66.2 cm³/mol. The first kappa shape index (κ1) is 10.4. The van der Waals surface area contributed by atoms with Gasteiger partial charge in [0, 0.05) is 24.7 Å². The summed E-state index contributed by atoms with van der Waals surface area (Å²) in [5.74, 6) is 1.08. The van der Waals surface area contributed by atoms with Crippen LogP contribution < -0.4 is 4.90 Å². The van der Waals surface area contributed by atoms with Gasteiger partial charge in [-0.15, -0.1) is 0 Å². The maximum absolute atomic E-state index is 9.57. The van der Waals surface area contributed by atoms with E-state index < -0.39 is 0 Å². The monoisotopic (exact) mass is 230 g/mol. The van der Waals surface area contributed by atoms with E-state index in [0.717, 1.165) is 29.6 Å². The van der Waals surface area contributed by atoms with Crippen LogP contribution in [0.25, 0.3) is 10.8 Å². The summed E-state index contributed by atoms with van der Waals surface area (Å²) in [5.41, 5.74) is 0. The number of phenolic OH excluding ortho intramolecular Hbond substituents is 1. The molecule has 0 unspecified atom stereocenters. The Morgan fingerprint density at radius 1 is 1.29 bits per heavy atom. The van der Waals surface area contributed by atoms with Crippen molar-refractivity contribution in [3.8, 4) is 5.75 Å². The minimum atomic E-state index is -0.274. The number of rotatable bonds is 1. The minimum absolute atomic E-state index is 0.242. The third-order valence-corrected chi connectivity index (χ3v) is 3.19. The van der Waals surface area contributed by atoms with Crippen molar-refractivity contribution in [3.05, 3.63) is 30.5 Å². The molecule has 1 aromatic heterocycles. The molecule has 1 atom stereocenters. The number of phenols is 1. The molecule has 1 aromatic carbocycles. The molecule has 4 nitrogen and oxygen atoms in total. The fraction of sp³-hybridized carbons (Fsp3) is 0.308. The molecular formula is C13H14N2O2. The molecular weight excluding hydrogens is 216 g/mol. The van der Waals surface area contributed by atoms with E-state index in [2.05, 4.69) is 9.88 Å². The van der Waals surface area contributed by atoms with E-state index in [1.54, 1.807) is 18.3 Å². The zero-order valence-electron chi connectivity index (χ0n) is 9.37. The fourth-order valence-corrected chi connectivity index (χ4v) is 2.33. The zero-order valence-corrected chi connectivity index (χ0v) is 9.37. The van der Waals surface area contributed by atoms with E-state index in [9.17, 15) is 10.2 Å². The van der Waals surface area contributed by atoms with Crippen molar-refractivity contribution >= 4 is 16.6 Å². The maximum atomic E-state index is 9.57.